The van der Waals surface area contributed by atoms with E-state index in [2.05, 4.69) is 0 Å². The summed E-state index contributed by atoms with van der Waals surface area (Å²) in [4.78, 5) is 82.1. The van der Waals surface area contributed by atoms with Gasteiger partial charge in [-0.1, -0.05) is 0 Å². The zero-order chi connectivity index (χ0) is 20.7. The highest BCUT2D eigenvalue weighted by Gasteiger charge is 2.74. The lowest BCUT2D eigenvalue weighted by Gasteiger charge is -2.52. The molecule has 5 rings (SSSR count). The Balaban J connectivity index is 2.08. The van der Waals surface area contributed by atoms with E-state index in [1.165, 1.54) is 57.1 Å². The Hall–Kier alpha value is -3.18. The number of nitrogens with zero attached hydrogens (tertiary/aromatic N) is 6. The minimum absolute atomic E-state index is 0.445. The van der Waals surface area contributed by atoms with Gasteiger partial charge in [0.1, 0.15) is 24.7 Å². The first-order chi connectivity index (χ1) is 13.2. The van der Waals surface area contributed by atoms with Crippen molar-refractivity contribution in [1.82, 2.24) is 29.4 Å². The number of carbonyl (C=O) groups excluding carboxylic acids is 6. The Morgan fingerprint density at radius 3 is 0.857 bits per heavy atom. The van der Waals surface area contributed by atoms with E-state index in [0.29, 0.717) is 12.8 Å². The van der Waals surface area contributed by atoms with E-state index < -0.39 is 60.6 Å². The molecule has 12 nitrogen and oxygen atoms in total. The van der Waals surface area contributed by atoms with E-state index >= 15 is 0 Å². The van der Waals surface area contributed by atoms with Crippen LogP contribution in [0.15, 0.2) is 0 Å². The average molecular weight is 392 g/mol. The Morgan fingerprint density at radius 1 is 0.500 bits per heavy atom. The van der Waals surface area contributed by atoms with Gasteiger partial charge in [-0.3, -0.25) is 58.2 Å². The summed E-state index contributed by atoms with van der Waals surface area (Å²) in [5, 5.41) is 0. The van der Waals surface area contributed by atoms with Crippen LogP contribution in [0.1, 0.15) is 27.7 Å². The van der Waals surface area contributed by atoms with Crippen molar-refractivity contribution in [2.45, 2.75) is 64.7 Å². The maximum absolute atomic E-state index is 12.6. The van der Waals surface area contributed by atoms with Crippen LogP contribution in [0, 0.1) is 0 Å². The van der Waals surface area contributed by atoms with E-state index in [1.54, 1.807) is 0 Å². The summed E-state index contributed by atoms with van der Waals surface area (Å²) < 4.78 is 0. The first kappa shape index (κ1) is 18.2. The third kappa shape index (κ3) is 1.84. The van der Waals surface area contributed by atoms with Gasteiger partial charge in [0, 0.05) is 27.7 Å². The summed E-state index contributed by atoms with van der Waals surface area (Å²) in [6.45, 7) is 5.12. The van der Waals surface area contributed by atoms with Crippen molar-refractivity contribution in [3.05, 3.63) is 0 Å². The van der Waals surface area contributed by atoms with Gasteiger partial charge < -0.3 is 0 Å². The molecule has 0 saturated carbocycles. The molecule has 4 atom stereocenters. The van der Waals surface area contributed by atoms with Crippen LogP contribution in [0.25, 0.3) is 0 Å². The van der Waals surface area contributed by atoms with E-state index in [1.807, 2.05) is 0 Å². The van der Waals surface area contributed by atoms with E-state index in [9.17, 15) is 28.8 Å². The fourth-order valence-electron chi connectivity index (χ4n) is 5.29. The molecule has 5 saturated heterocycles. The number of hydrogen-bond donors (Lipinski definition) is 0. The maximum Gasteiger partial charge on any atom is 0.222 e. The third-order valence-electron chi connectivity index (χ3n) is 6.00. The molecule has 0 aromatic rings. The van der Waals surface area contributed by atoms with Gasteiger partial charge in [-0.25, -0.2) is 0 Å². The van der Waals surface area contributed by atoms with Crippen molar-refractivity contribution in [3.63, 3.8) is 0 Å². The van der Waals surface area contributed by atoms with Crippen LogP contribution in [0.3, 0.4) is 0 Å². The highest BCUT2D eigenvalue weighted by Crippen LogP contribution is 2.50. The van der Waals surface area contributed by atoms with Crippen molar-refractivity contribution >= 4 is 36.4 Å². The fraction of sp³-hybridized carbons (Fsp3) is 0.625. The molecule has 5 fully saturated rings. The second kappa shape index (κ2) is 5.66. The third-order valence-corrected chi connectivity index (χ3v) is 6.00. The molecule has 0 N–H and O–H groups in total. The second-order valence-corrected chi connectivity index (χ2v) is 7.29. The summed E-state index contributed by atoms with van der Waals surface area (Å²) in [5.41, 5.74) is 0. The molecular weight excluding hydrogens is 372 g/mol. The number of amides is 6. The van der Waals surface area contributed by atoms with Crippen LogP contribution in [0.4, 0.5) is 0 Å². The molecule has 150 valence electrons. The summed E-state index contributed by atoms with van der Waals surface area (Å²) in [6, 6.07) is 0. The minimum Gasteiger partial charge on any atom is -0.296 e. The van der Waals surface area contributed by atoms with Crippen LogP contribution in [-0.2, 0) is 28.8 Å². The molecule has 0 spiro atoms. The van der Waals surface area contributed by atoms with E-state index in [0.717, 1.165) is 0 Å². The fourth-order valence-corrected chi connectivity index (χ4v) is 5.29. The Kier molecular flexibility index (Phi) is 3.68. The van der Waals surface area contributed by atoms with Gasteiger partial charge in [0.25, 0.3) is 0 Å². The van der Waals surface area contributed by atoms with Crippen LogP contribution >= 0.6 is 0 Å². The molecule has 28 heavy (non-hydrogen) atoms. The Bertz CT molecular complexity index is 695. The summed E-state index contributed by atoms with van der Waals surface area (Å²) in [7, 11) is 0. The lowest BCUT2D eigenvalue weighted by atomic mass is 10.1. The lowest BCUT2D eigenvalue weighted by Crippen LogP contribution is -2.74. The van der Waals surface area contributed by atoms with Crippen LogP contribution < -0.4 is 0 Å². The first-order valence-electron chi connectivity index (χ1n) is 8.80. The molecule has 0 aromatic carbocycles. The SMILES string of the molecule is CC(=O)N1C2C3N(C(C)=O)[C@H]4[C@H](N3C(C)=O)N(C=O)[C@H]([C@H]1N4C=O)N2C(C)=O. The number of piperazine rings is 1. The smallest absolute Gasteiger partial charge is 0.222 e. The van der Waals surface area contributed by atoms with Gasteiger partial charge in [-0.15, -0.1) is 0 Å². The summed E-state index contributed by atoms with van der Waals surface area (Å²) in [5.74, 6) is -1.78. The standard InChI is InChI=1S/C16H20N6O6/c1-7(25)19-11-12-18(6-24)14-13(17(11)5-23)21(9(3)27)16(22(14)10(4)28)15(19)20(12)8(2)26/h5-6,11-16H,1-4H3/t11-,12-,13-,14-,15?,16?/m0/s1. The molecule has 6 amide bonds. The van der Waals surface area contributed by atoms with Crippen molar-refractivity contribution < 1.29 is 28.8 Å². The molecule has 6 bridgehead atoms. The van der Waals surface area contributed by atoms with Gasteiger partial charge >= 0.3 is 0 Å². The van der Waals surface area contributed by atoms with Crippen LogP contribution in [0.5, 0.6) is 0 Å². The molecule has 5 heterocycles. The molecule has 0 aliphatic carbocycles. The Morgan fingerprint density at radius 2 is 0.714 bits per heavy atom. The van der Waals surface area contributed by atoms with Gasteiger partial charge in [0.05, 0.1) is 0 Å². The number of hydrogen-bond acceptors (Lipinski definition) is 6. The molecule has 0 aromatic heterocycles. The van der Waals surface area contributed by atoms with Crippen molar-refractivity contribution in [1.29, 1.82) is 0 Å². The molecule has 0 unspecified atom stereocenters. The maximum atomic E-state index is 12.6. The topological polar surface area (TPSA) is 122 Å². The quantitative estimate of drug-likeness (QED) is 0.472. The highest BCUT2D eigenvalue weighted by molar-refractivity contribution is 5.85. The van der Waals surface area contributed by atoms with Crippen molar-refractivity contribution in [2.75, 3.05) is 0 Å². The van der Waals surface area contributed by atoms with Crippen molar-refractivity contribution in [3.8, 4) is 0 Å². The van der Waals surface area contributed by atoms with Crippen molar-refractivity contribution in [2.24, 2.45) is 0 Å². The highest BCUT2D eigenvalue weighted by atomic mass is 16.2. The largest absolute Gasteiger partial charge is 0.296 e. The molecule has 0 radical (unpaired) electrons. The zero-order valence-corrected chi connectivity index (χ0v) is 15.8. The summed E-state index contributed by atoms with van der Waals surface area (Å²) >= 11 is 0. The molecular formula is C16H20N6O6. The van der Waals surface area contributed by atoms with Gasteiger partial charge in [0.15, 0.2) is 12.3 Å². The second-order valence-electron chi connectivity index (χ2n) is 7.29. The normalized spacial score (nSPS) is 34.9. The van der Waals surface area contributed by atoms with E-state index in [-0.39, 0.29) is 0 Å². The lowest BCUT2D eigenvalue weighted by molar-refractivity contribution is -0.178. The van der Waals surface area contributed by atoms with Crippen LogP contribution in [0.2, 0.25) is 0 Å². The van der Waals surface area contributed by atoms with Gasteiger partial charge in [-0.05, 0) is 0 Å². The van der Waals surface area contributed by atoms with Crippen LogP contribution in [-0.4, -0.2) is 103 Å². The number of rotatable bonds is 2. The Labute approximate surface area is 160 Å². The summed E-state index contributed by atoms with van der Waals surface area (Å²) in [6.07, 6.45) is -4.83. The van der Waals surface area contributed by atoms with E-state index in [4.69, 9.17) is 0 Å². The zero-order valence-electron chi connectivity index (χ0n) is 15.8. The van der Waals surface area contributed by atoms with Gasteiger partial charge in [0.2, 0.25) is 36.4 Å². The van der Waals surface area contributed by atoms with Gasteiger partial charge in [-0.2, -0.15) is 0 Å². The average Bonchev–Trinajstić information content (AvgIpc) is 3.05. The molecule has 5 aliphatic heterocycles. The predicted molar refractivity (Wildman–Crippen MR) is 88.6 cm³/mol. The monoisotopic (exact) mass is 392 g/mol. The first-order valence-corrected chi connectivity index (χ1v) is 8.80. The number of carbonyl (C=O) groups is 6. The molecule has 5 aliphatic rings. The minimum atomic E-state index is -1.01. The predicted octanol–water partition coefficient (Wildman–Crippen LogP) is -2.69. The molecule has 12 heteroatoms.